The van der Waals surface area contributed by atoms with E-state index in [4.69, 9.17) is 24.1 Å². The third-order valence-electron chi connectivity index (χ3n) is 6.59. The second-order valence-corrected chi connectivity index (χ2v) is 9.04. The topological polar surface area (TPSA) is 150 Å². The van der Waals surface area contributed by atoms with Crippen LogP contribution in [0.3, 0.4) is 0 Å². The van der Waals surface area contributed by atoms with Gasteiger partial charge in [0.15, 0.2) is 29.8 Å². The van der Waals surface area contributed by atoms with Gasteiger partial charge in [0.25, 0.3) is 0 Å². The summed E-state index contributed by atoms with van der Waals surface area (Å²) >= 11 is 0. The molecular weight excluding hydrogens is 482 g/mol. The fourth-order valence-electron chi connectivity index (χ4n) is 4.68. The Balaban J connectivity index is 1.81. The zero-order valence-electron chi connectivity index (χ0n) is 21.4. The van der Waals surface area contributed by atoms with Crippen molar-refractivity contribution in [2.75, 3.05) is 40.2 Å². The number of hydrogen-bond donors (Lipinski definition) is 6. The number of ether oxygens (including phenoxy) is 4. The third-order valence-corrected chi connectivity index (χ3v) is 6.59. The van der Waals surface area contributed by atoms with Crippen LogP contribution in [-0.2, 0) is 11.2 Å². The van der Waals surface area contributed by atoms with Gasteiger partial charge in [-0.3, -0.25) is 0 Å². The molecule has 0 bridgehead atoms. The van der Waals surface area contributed by atoms with E-state index >= 15 is 0 Å². The zero-order valence-corrected chi connectivity index (χ0v) is 21.4. The predicted molar refractivity (Wildman–Crippen MR) is 136 cm³/mol. The van der Waals surface area contributed by atoms with Gasteiger partial charge in [-0.2, -0.15) is 0 Å². The normalized spacial score (nSPS) is 21.5. The number of aliphatic hydroxyl groups excluding tert-OH is 3. The van der Waals surface area contributed by atoms with Crippen molar-refractivity contribution in [1.82, 2.24) is 5.32 Å². The Morgan fingerprint density at radius 2 is 1.81 bits per heavy atom. The van der Waals surface area contributed by atoms with E-state index in [2.05, 4.69) is 5.32 Å². The summed E-state index contributed by atoms with van der Waals surface area (Å²) in [5.74, 6) is 0.170. The Labute approximate surface area is 217 Å². The maximum Gasteiger partial charge on any atom is 0.200 e. The van der Waals surface area contributed by atoms with Crippen molar-refractivity contribution in [3.63, 3.8) is 0 Å². The van der Waals surface area contributed by atoms with Gasteiger partial charge < -0.3 is 49.8 Å². The molecule has 206 valence electrons. The molecule has 37 heavy (non-hydrogen) atoms. The van der Waals surface area contributed by atoms with Crippen molar-refractivity contribution in [3.8, 4) is 28.7 Å². The number of phenols is 2. The Hall–Kier alpha value is -2.76. The fourth-order valence-corrected chi connectivity index (χ4v) is 4.68. The molecule has 2 aromatic carbocycles. The van der Waals surface area contributed by atoms with Gasteiger partial charge >= 0.3 is 0 Å². The molecule has 4 unspecified atom stereocenters. The summed E-state index contributed by atoms with van der Waals surface area (Å²) in [5, 5.41) is 53.3. The Morgan fingerprint density at radius 1 is 1.03 bits per heavy atom. The van der Waals surface area contributed by atoms with Gasteiger partial charge in [0.1, 0.15) is 6.61 Å². The average molecular weight is 522 g/mol. The lowest BCUT2D eigenvalue weighted by Crippen LogP contribution is -2.40. The minimum absolute atomic E-state index is 0.0566. The first-order valence-electron chi connectivity index (χ1n) is 12.7. The molecule has 1 fully saturated rings. The monoisotopic (exact) mass is 521 g/mol. The van der Waals surface area contributed by atoms with Gasteiger partial charge in [0, 0.05) is 19.1 Å². The summed E-state index contributed by atoms with van der Waals surface area (Å²) in [6, 6.07) is 8.32. The highest BCUT2D eigenvalue weighted by molar-refractivity contribution is 5.53. The van der Waals surface area contributed by atoms with Crippen LogP contribution >= 0.6 is 0 Å². The number of aromatic hydroxyl groups is 2. The number of aryl methyl sites for hydroxylation is 1. The highest BCUT2D eigenvalue weighted by atomic mass is 16.6. The third kappa shape index (κ3) is 7.62. The first-order chi connectivity index (χ1) is 17.9. The molecule has 0 saturated carbocycles. The highest BCUT2D eigenvalue weighted by Gasteiger charge is 2.39. The van der Waals surface area contributed by atoms with Gasteiger partial charge in [-0.15, -0.1) is 0 Å². The van der Waals surface area contributed by atoms with Crippen molar-refractivity contribution in [1.29, 1.82) is 0 Å². The van der Waals surface area contributed by atoms with E-state index in [0.29, 0.717) is 44.4 Å². The van der Waals surface area contributed by atoms with Crippen molar-refractivity contribution in [3.05, 3.63) is 41.5 Å². The molecule has 1 heterocycles. The lowest BCUT2D eigenvalue weighted by Gasteiger charge is -2.40. The quantitative estimate of drug-likeness (QED) is 0.161. The molecule has 0 aromatic heterocycles. The number of benzene rings is 2. The van der Waals surface area contributed by atoms with Crippen molar-refractivity contribution in [2.24, 2.45) is 5.92 Å². The predicted octanol–water partition coefficient (Wildman–Crippen LogP) is 2.25. The fraction of sp³-hybridized carbons (Fsp3) is 0.556. The number of hydrogen-bond acceptors (Lipinski definition) is 10. The molecule has 1 saturated heterocycles. The molecule has 10 nitrogen and oxygen atoms in total. The van der Waals surface area contributed by atoms with Crippen LogP contribution in [0.4, 0.5) is 0 Å². The summed E-state index contributed by atoms with van der Waals surface area (Å²) in [6.45, 7) is 3.11. The van der Waals surface area contributed by atoms with Crippen LogP contribution in [0, 0.1) is 5.92 Å². The van der Waals surface area contributed by atoms with Crippen molar-refractivity contribution >= 4 is 0 Å². The lowest BCUT2D eigenvalue weighted by molar-refractivity contribution is -0.144. The van der Waals surface area contributed by atoms with Crippen LogP contribution in [0.1, 0.15) is 43.4 Å². The molecule has 2 aromatic rings. The smallest absolute Gasteiger partial charge is 0.200 e. The van der Waals surface area contributed by atoms with Gasteiger partial charge in [-0.05, 0) is 67.6 Å². The summed E-state index contributed by atoms with van der Waals surface area (Å²) in [5.41, 5.74) is 1.56. The number of methoxy groups -OCH3 is 1. The maximum absolute atomic E-state index is 11.0. The van der Waals surface area contributed by atoms with Gasteiger partial charge in [0.05, 0.1) is 25.4 Å². The van der Waals surface area contributed by atoms with Crippen LogP contribution in [0.25, 0.3) is 0 Å². The van der Waals surface area contributed by atoms with Crippen LogP contribution < -0.4 is 19.5 Å². The largest absolute Gasteiger partial charge is 0.504 e. The van der Waals surface area contributed by atoms with Crippen LogP contribution in [0.15, 0.2) is 30.3 Å². The Morgan fingerprint density at radius 3 is 2.51 bits per heavy atom. The second-order valence-electron chi connectivity index (χ2n) is 9.04. The SMILES string of the molecule is CCNCCOc1cc(C2OC(CCc3ccc(O)c(OCO)c3)CC(O)C2CCO)cc(OC)c1O. The summed E-state index contributed by atoms with van der Waals surface area (Å²) in [7, 11) is 1.46. The summed E-state index contributed by atoms with van der Waals surface area (Å²) in [4.78, 5) is 0. The maximum atomic E-state index is 11.0. The first-order valence-corrected chi connectivity index (χ1v) is 12.7. The molecule has 1 aliphatic heterocycles. The molecule has 10 heteroatoms. The molecule has 1 aliphatic rings. The first kappa shape index (κ1) is 28.8. The van der Waals surface area contributed by atoms with Gasteiger partial charge in [0.2, 0.25) is 5.75 Å². The number of aliphatic hydroxyl groups is 3. The van der Waals surface area contributed by atoms with E-state index in [-0.39, 0.29) is 47.4 Å². The molecule has 0 radical (unpaired) electrons. The van der Waals surface area contributed by atoms with E-state index < -0.39 is 19.0 Å². The number of nitrogens with one attached hydrogen (secondary N) is 1. The van der Waals surface area contributed by atoms with Crippen LogP contribution in [-0.4, -0.2) is 77.9 Å². The standard InChI is InChI=1S/C27H39NO9/c1-3-28-9-11-35-25-14-18(13-24(34-2)26(25)33)27-20(8-10-29)22(32)15-19(37-27)6-4-17-5-7-21(31)23(12-17)36-16-30/h5,7,12-14,19-20,22,27-33H,3-4,6,8-11,15-16H2,1-2H3. The van der Waals surface area contributed by atoms with E-state index in [9.17, 15) is 20.4 Å². The number of likely N-dealkylation sites (N-methyl/N-ethyl adjacent to an activating group) is 1. The molecule has 6 N–H and O–H groups in total. The van der Waals surface area contributed by atoms with Gasteiger partial charge in [-0.1, -0.05) is 13.0 Å². The summed E-state index contributed by atoms with van der Waals surface area (Å²) in [6.07, 6.45) is 0.377. The Bertz CT molecular complexity index is 987. The van der Waals surface area contributed by atoms with Crippen LogP contribution in [0.5, 0.6) is 28.7 Å². The van der Waals surface area contributed by atoms with E-state index in [1.54, 1.807) is 24.3 Å². The number of phenolic OH excluding ortho intramolecular Hbond substituents is 2. The van der Waals surface area contributed by atoms with Crippen molar-refractivity contribution < 1.29 is 44.5 Å². The second kappa shape index (κ2) is 14.3. The molecule has 0 aliphatic carbocycles. The molecule has 0 amide bonds. The highest BCUT2D eigenvalue weighted by Crippen LogP contribution is 2.45. The van der Waals surface area contributed by atoms with Crippen molar-refractivity contribution in [2.45, 2.75) is 50.9 Å². The lowest BCUT2D eigenvalue weighted by atomic mass is 9.82. The number of rotatable bonds is 14. The molecular formula is C27H39NO9. The van der Waals surface area contributed by atoms with Gasteiger partial charge in [-0.25, -0.2) is 0 Å². The molecule has 3 rings (SSSR count). The summed E-state index contributed by atoms with van der Waals surface area (Å²) < 4.78 is 22.7. The minimum atomic E-state index is -0.707. The van der Waals surface area contributed by atoms with Crippen LogP contribution in [0.2, 0.25) is 0 Å². The Kier molecular flexibility index (Phi) is 11.1. The zero-order chi connectivity index (χ0) is 26.8. The minimum Gasteiger partial charge on any atom is -0.504 e. The molecule has 4 atom stereocenters. The molecule has 0 spiro atoms. The van der Waals surface area contributed by atoms with E-state index in [1.165, 1.54) is 13.2 Å². The average Bonchev–Trinajstić information content (AvgIpc) is 2.89. The van der Waals surface area contributed by atoms with E-state index in [0.717, 1.165) is 12.1 Å². The van der Waals surface area contributed by atoms with E-state index in [1.807, 2.05) is 6.92 Å².